The van der Waals surface area contributed by atoms with Gasteiger partial charge in [0.25, 0.3) is 15.7 Å². The summed E-state index contributed by atoms with van der Waals surface area (Å²) in [6.45, 7) is 0. The zero-order valence-electron chi connectivity index (χ0n) is 22.6. The van der Waals surface area contributed by atoms with Crippen molar-refractivity contribution in [2.75, 3.05) is 12.4 Å². The van der Waals surface area contributed by atoms with Gasteiger partial charge < -0.3 is 20.5 Å². The molecule has 3 aromatic carbocycles. The number of carboxylic acid groups (broad SMARTS) is 1. The fraction of sp³-hybridized carbons (Fsp3) is 0.276. The molecule has 1 saturated carbocycles. The summed E-state index contributed by atoms with van der Waals surface area (Å²) in [5, 5.41) is 14.4. The van der Waals surface area contributed by atoms with Crippen molar-refractivity contribution in [1.29, 1.82) is 0 Å². The highest BCUT2D eigenvalue weighted by atomic mass is 32.2. The van der Waals surface area contributed by atoms with Crippen LogP contribution in [0.25, 0.3) is 11.1 Å². The number of hydrogen-bond donors (Lipinski definition) is 3. The van der Waals surface area contributed by atoms with E-state index in [-0.39, 0.29) is 22.4 Å². The molecule has 1 aliphatic carbocycles. The number of carbonyl (C=O) groups excluding carboxylic acids is 2. The summed E-state index contributed by atoms with van der Waals surface area (Å²) >= 11 is 0. The number of benzene rings is 3. The number of ether oxygens (including phenoxy) is 1. The number of hydrogen-bond acceptors (Lipinski definition) is 6. The lowest BCUT2D eigenvalue weighted by Crippen LogP contribution is -2.42. The molecule has 2 amide bonds. The normalized spacial score (nSPS) is 16.9. The molecule has 0 heterocycles. The van der Waals surface area contributed by atoms with Crippen LogP contribution in [0.2, 0.25) is 0 Å². The van der Waals surface area contributed by atoms with Crippen molar-refractivity contribution in [3.8, 4) is 16.9 Å². The van der Waals surface area contributed by atoms with E-state index in [0.29, 0.717) is 36.6 Å². The van der Waals surface area contributed by atoms with Gasteiger partial charge in [-0.15, -0.1) is 0 Å². The van der Waals surface area contributed by atoms with Crippen LogP contribution in [0.4, 0.5) is 23.2 Å². The molecule has 0 aliphatic heterocycles. The minimum Gasteiger partial charge on any atom is -0.497 e. The molecule has 0 saturated heterocycles. The van der Waals surface area contributed by atoms with Crippen molar-refractivity contribution in [2.45, 2.75) is 42.1 Å². The summed E-state index contributed by atoms with van der Waals surface area (Å²) in [5.74, 6) is -3.76. The first-order chi connectivity index (χ1) is 20.2. The third-order valence-corrected chi connectivity index (χ3v) is 8.52. The van der Waals surface area contributed by atoms with Crippen molar-refractivity contribution >= 4 is 33.3 Å². The molecule has 4 rings (SSSR count). The van der Waals surface area contributed by atoms with E-state index in [9.17, 15) is 41.1 Å². The molecule has 3 N–H and O–H groups in total. The van der Waals surface area contributed by atoms with Gasteiger partial charge in [-0.05, 0) is 60.9 Å². The van der Waals surface area contributed by atoms with Gasteiger partial charge in [0.05, 0.1) is 24.3 Å². The number of anilines is 1. The summed E-state index contributed by atoms with van der Waals surface area (Å²) in [7, 11) is -4.17. The van der Waals surface area contributed by atoms with Crippen LogP contribution in [0.1, 0.15) is 35.2 Å². The highest BCUT2D eigenvalue weighted by molar-refractivity contribution is 7.92. The monoisotopic (exact) mass is 622 g/mol. The maximum Gasteiger partial charge on any atom is 0.501 e. The maximum atomic E-state index is 15.3. The molecule has 1 aliphatic rings. The number of rotatable bonds is 9. The Morgan fingerprint density at radius 2 is 1.72 bits per heavy atom. The number of methoxy groups -OCH3 is 1. The van der Waals surface area contributed by atoms with Gasteiger partial charge in [-0.3, -0.25) is 14.4 Å². The molecule has 0 bridgehead atoms. The summed E-state index contributed by atoms with van der Waals surface area (Å²) < 4.78 is 82.8. The zero-order valence-corrected chi connectivity index (χ0v) is 23.4. The van der Waals surface area contributed by atoms with Gasteiger partial charge in [-0.1, -0.05) is 24.6 Å². The second-order valence-corrected chi connectivity index (χ2v) is 11.8. The smallest absolute Gasteiger partial charge is 0.497 e. The highest BCUT2D eigenvalue weighted by Crippen LogP contribution is 2.33. The SMILES string of the molecule is COc1ccc(-c2cc(C(=O)NC3CCCC3C(=O)Nc3cccc(S(=O)(=O)C(F)(F)F)c3)cc(CC(=O)O)c2F)cc1. The minimum atomic E-state index is -5.63. The summed E-state index contributed by atoms with van der Waals surface area (Å²) in [6.07, 6.45) is 0.535. The quantitative estimate of drug-likeness (QED) is 0.287. The standard InChI is InChI=1S/C29H26F4N2O7S/c1-42-20-10-8-16(9-11-20)23-13-18(12-17(26(23)30)14-25(36)37)27(38)35-24-7-3-6-22(24)28(39)34-19-4-2-5-21(15-19)43(40,41)29(31,32)33/h2,4-5,8-13,15,22,24H,3,6-7,14H2,1H3,(H,34,39)(H,35,38)(H,36,37). The fourth-order valence-corrected chi connectivity index (χ4v) is 5.70. The number of sulfone groups is 1. The van der Waals surface area contributed by atoms with Crippen molar-refractivity contribution in [3.05, 3.63) is 77.6 Å². The van der Waals surface area contributed by atoms with Crippen LogP contribution in [0.5, 0.6) is 5.75 Å². The van der Waals surface area contributed by atoms with E-state index in [0.717, 1.165) is 18.2 Å². The van der Waals surface area contributed by atoms with Gasteiger partial charge in [-0.2, -0.15) is 13.2 Å². The summed E-state index contributed by atoms with van der Waals surface area (Å²) in [5.41, 5.74) is -5.60. The summed E-state index contributed by atoms with van der Waals surface area (Å²) in [4.78, 5) is 36.7. The maximum absolute atomic E-state index is 15.3. The molecule has 0 spiro atoms. The number of nitrogens with one attached hydrogen (secondary N) is 2. The Morgan fingerprint density at radius 1 is 1.02 bits per heavy atom. The van der Waals surface area contributed by atoms with Crippen LogP contribution in [0, 0.1) is 11.7 Å². The van der Waals surface area contributed by atoms with E-state index >= 15 is 4.39 Å². The first-order valence-electron chi connectivity index (χ1n) is 12.9. The average molecular weight is 623 g/mol. The molecule has 2 unspecified atom stereocenters. The van der Waals surface area contributed by atoms with Crippen LogP contribution in [0.3, 0.4) is 0 Å². The first-order valence-corrected chi connectivity index (χ1v) is 14.4. The number of halogens is 4. The Labute approximate surface area is 243 Å². The van der Waals surface area contributed by atoms with Gasteiger partial charge in [0.2, 0.25) is 5.91 Å². The molecule has 0 radical (unpaired) electrons. The van der Waals surface area contributed by atoms with Crippen LogP contribution < -0.4 is 15.4 Å². The third kappa shape index (κ3) is 6.96. The number of alkyl halides is 3. The van der Waals surface area contributed by atoms with Gasteiger partial charge >= 0.3 is 11.5 Å². The molecular formula is C29H26F4N2O7S. The van der Waals surface area contributed by atoms with Gasteiger partial charge in [0.1, 0.15) is 11.6 Å². The number of aliphatic carboxylic acids is 1. The average Bonchev–Trinajstić information content (AvgIpc) is 3.41. The fourth-order valence-electron chi connectivity index (χ4n) is 4.90. The lowest BCUT2D eigenvalue weighted by molar-refractivity contribution is -0.136. The van der Waals surface area contributed by atoms with Crippen LogP contribution in [0.15, 0.2) is 65.6 Å². The first kappa shape index (κ1) is 31.5. The van der Waals surface area contributed by atoms with E-state index in [4.69, 9.17) is 4.74 Å². The molecule has 9 nitrogen and oxygen atoms in total. The van der Waals surface area contributed by atoms with Crippen molar-refractivity contribution in [1.82, 2.24) is 5.32 Å². The number of carboxylic acids is 1. The zero-order chi connectivity index (χ0) is 31.5. The van der Waals surface area contributed by atoms with E-state index in [1.807, 2.05) is 0 Å². The van der Waals surface area contributed by atoms with E-state index in [2.05, 4.69) is 10.6 Å². The molecular weight excluding hydrogens is 596 g/mol. The van der Waals surface area contributed by atoms with E-state index < -0.39 is 62.2 Å². The Hall–Kier alpha value is -4.46. The van der Waals surface area contributed by atoms with Gasteiger partial charge in [0, 0.05) is 28.4 Å². The molecule has 2 atom stereocenters. The van der Waals surface area contributed by atoms with Crippen LogP contribution >= 0.6 is 0 Å². The predicted octanol–water partition coefficient (Wildman–Crippen LogP) is 4.96. The van der Waals surface area contributed by atoms with Gasteiger partial charge in [0.15, 0.2) is 0 Å². The topological polar surface area (TPSA) is 139 Å². The molecule has 0 aromatic heterocycles. The van der Waals surface area contributed by atoms with Crippen molar-refractivity contribution < 1.29 is 50.2 Å². The van der Waals surface area contributed by atoms with E-state index in [1.54, 1.807) is 24.3 Å². The Balaban J connectivity index is 1.56. The van der Waals surface area contributed by atoms with Crippen LogP contribution in [-0.4, -0.2) is 50.0 Å². The third-order valence-electron chi connectivity index (χ3n) is 7.04. The second kappa shape index (κ2) is 12.4. The molecule has 43 heavy (non-hydrogen) atoms. The van der Waals surface area contributed by atoms with Crippen LogP contribution in [-0.2, 0) is 25.8 Å². The molecule has 228 valence electrons. The Morgan fingerprint density at radius 3 is 2.35 bits per heavy atom. The molecule has 14 heteroatoms. The summed E-state index contributed by atoms with van der Waals surface area (Å²) in [6, 6.07) is 11.7. The van der Waals surface area contributed by atoms with Crippen molar-refractivity contribution in [2.24, 2.45) is 5.92 Å². The van der Waals surface area contributed by atoms with Crippen molar-refractivity contribution in [3.63, 3.8) is 0 Å². The predicted molar refractivity (Wildman–Crippen MR) is 147 cm³/mol. The lowest BCUT2D eigenvalue weighted by atomic mass is 9.96. The van der Waals surface area contributed by atoms with Gasteiger partial charge in [-0.25, -0.2) is 12.8 Å². The number of carbonyl (C=O) groups is 3. The second-order valence-electron chi connectivity index (χ2n) is 9.88. The molecule has 1 fully saturated rings. The largest absolute Gasteiger partial charge is 0.501 e. The molecule has 3 aromatic rings. The minimum absolute atomic E-state index is 0.0130. The lowest BCUT2D eigenvalue weighted by Gasteiger charge is -2.21. The highest BCUT2D eigenvalue weighted by Gasteiger charge is 2.47. The number of amides is 2. The Bertz CT molecular complexity index is 1660. The van der Waals surface area contributed by atoms with E-state index in [1.165, 1.54) is 19.2 Å². The Kier molecular flexibility index (Phi) is 9.09.